The molecule has 0 radical (unpaired) electrons. The number of fused-ring (bicyclic) bond motifs is 3. The average Bonchev–Trinajstić information content (AvgIpc) is 3.28. The lowest BCUT2D eigenvalue weighted by Gasteiger charge is -2.26. The summed E-state index contributed by atoms with van der Waals surface area (Å²) in [6.07, 6.45) is 2.67. The van der Waals surface area contributed by atoms with Crippen LogP contribution in [0.5, 0.6) is 0 Å². The molecule has 1 aliphatic rings. The van der Waals surface area contributed by atoms with Crippen molar-refractivity contribution >= 4 is 33.2 Å². The molecule has 0 spiro atoms. The molecule has 1 aliphatic heterocycles. The van der Waals surface area contributed by atoms with E-state index in [2.05, 4.69) is 18.7 Å². The third-order valence-corrected chi connectivity index (χ3v) is 6.52. The second-order valence-corrected chi connectivity index (χ2v) is 8.16. The van der Waals surface area contributed by atoms with Crippen molar-refractivity contribution in [3.05, 3.63) is 70.6 Å². The highest BCUT2D eigenvalue weighted by molar-refractivity contribution is 6.02. The van der Waals surface area contributed by atoms with Crippen LogP contribution in [0, 0.1) is 0 Å². The zero-order valence-corrected chi connectivity index (χ0v) is 17.9. The molecule has 1 unspecified atom stereocenters. The van der Waals surface area contributed by atoms with Gasteiger partial charge >= 0.3 is 0 Å². The fraction of sp³-hybridized carbons (Fsp3) is 0.320. The van der Waals surface area contributed by atoms with Crippen molar-refractivity contribution in [2.75, 3.05) is 26.2 Å². The van der Waals surface area contributed by atoms with Gasteiger partial charge in [-0.1, -0.05) is 38.1 Å². The molecule has 3 heterocycles. The minimum absolute atomic E-state index is 0.0557. The molecule has 158 valence electrons. The van der Waals surface area contributed by atoms with Crippen molar-refractivity contribution in [1.29, 1.82) is 0 Å². The Balaban J connectivity index is 1.60. The van der Waals surface area contributed by atoms with Crippen molar-refractivity contribution in [2.45, 2.75) is 26.3 Å². The number of likely N-dealkylation sites (N-methyl/N-ethyl adjacent to an activating group) is 1. The predicted octanol–water partition coefficient (Wildman–Crippen LogP) is 3.56. The first-order valence-electron chi connectivity index (χ1n) is 11.0. The molecule has 6 heteroatoms. The average molecular weight is 415 g/mol. The number of hydrogen-bond acceptors (Lipinski definition) is 4. The van der Waals surface area contributed by atoms with Gasteiger partial charge in [0.25, 0.3) is 11.5 Å². The van der Waals surface area contributed by atoms with Gasteiger partial charge in [0.1, 0.15) is 0 Å². The van der Waals surface area contributed by atoms with E-state index in [1.807, 2.05) is 41.3 Å². The molecule has 2 aromatic carbocycles. The van der Waals surface area contributed by atoms with Crippen LogP contribution in [-0.2, 0) is 0 Å². The van der Waals surface area contributed by atoms with Crippen LogP contribution in [0.1, 0.15) is 30.6 Å². The highest BCUT2D eigenvalue weighted by Crippen LogP contribution is 2.23. The Kier molecular flexibility index (Phi) is 4.94. The van der Waals surface area contributed by atoms with Crippen LogP contribution in [0.2, 0.25) is 0 Å². The number of nitrogens with zero attached hydrogens (tertiary/aromatic N) is 4. The zero-order chi connectivity index (χ0) is 21.5. The summed E-state index contributed by atoms with van der Waals surface area (Å²) >= 11 is 0. The molecular formula is C25H26N4O2. The third kappa shape index (κ3) is 3.27. The van der Waals surface area contributed by atoms with Crippen LogP contribution in [0.4, 0.5) is 0 Å². The van der Waals surface area contributed by atoms with Crippen LogP contribution in [0.15, 0.2) is 59.5 Å². The van der Waals surface area contributed by atoms with E-state index in [1.165, 1.54) is 4.40 Å². The first kappa shape index (κ1) is 19.7. The number of carbonyl (C=O) groups is 1. The molecular weight excluding hydrogens is 388 g/mol. The molecule has 1 fully saturated rings. The third-order valence-electron chi connectivity index (χ3n) is 6.52. The van der Waals surface area contributed by atoms with Crippen molar-refractivity contribution in [1.82, 2.24) is 19.2 Å². The Labute approximate surface area is 180 Å². The van der Waals surface area contributed by atoms with Crippen molar-refractivity contribution in [3.8, 4) is 0 Å². The summed E-state index contributed by atoms with van der Waals surface area (Å²) in [5.41, 5.74) is 1.37. The highest BCUT2D eigenvalue weighted by Gasteiger charge is 2.30. The van der Waals surface area contributed by atoms with E-state index in [9.17, 15) is 9.59 Å². The Hall–Kier alpha value is -3.25. The molecule has 31 heavy (non-hydrogen) atoms. The van der Waals surface area contributed by atoms with Crippen molar-refractivity contribution < 1.29 is 4.79 Å². The summed E-state index contributed by atoms with van der Waals surface area (Å²) < 4.78 is 1.50. The minimum Gasteiger partial charge on any atom is -0.337 e. The number of aromatic nitrogens is 2. The molecule has 1 atom stereocenters. The largest absolute Gasteiger partial charge is 0.337 e. The standard InChI is InChI=1S/C25H26N4O2/c1-3-27(4-2)19-11-13-28(16-19)24(30)20-10-7-12-29-23(20)26-22-15-18-9-6-5-8-17(18)14-21(22)25(29)31/h5-10,12,14-15,19H,3-4,11,13,16H2,1-2H3. The number of pyridine rings is 1. The monoisotopic (exact) mass is 414 g/mol. The molecule has 0 aliphatic carbocycles. The Morgan fingerprint density at radius 3 is 2.58 bits per heavy atom. The summed E-state index contributed by atoms with van der Waals surface area (Å²) in [5, 5.41) is 2.58. The number of carbonyl (C=O) groups excluding carboxylic acids is 1. The lowest BCUT2D eigenvalue weighted by atomic mass is 10.1. The molecule has 0 bridgehead atoms. The fourth-order valence-electron chi connectivity index (χ4n) is 4.82. The van der Waals surface area contributed by atoms with Gasteiger partial charge in [-0.3, -0.25) is 18.9 Å². The molecule has 4 aromatic rings. The Morgan fingerprint density at radius 1 is 1.10 bits per heavy atom. The summed E-state index contributed by atoms with van der Waals surface area (Å²) in [6.45, 7) is 7.71. The summed E-state index contributed by atoms with van der Waals surface area (Å²) in [7, 11) is 0. The molecule has 0 N–H and O–H groups in total. The second-order valence-electron chi connectivity index (χ2n) is 8.16. The smallest absolute Gasteiger partial charge is 0.265 e. The highest BCUT2D eigenvalue weighted by atomic mass is 16.2. The van der Waals surface area contributed by atoms with E-state index in [0.717, 1.165) is 36.8 Å². The van der Waals surface area contributed by atoms with E-state index >= 15 is 0 Å². The van der Waals surface area contributed by atoms with Gasteiger partial charge in [-0.15, -0.1) is 0 Å². The van der Waals surface area contributed by atoms with E-state index in [-0.39, 0.29) is 11.5 Å². The summed E-state index contributed by atoms with van der Waals surface area (Å²) in [6, 6.07) is 15.7. The van der Waals surface area contributed by atoms with Gasteiger partial charge in [0.2, 0.25) is 0 Å². The van der Waals surface area contributed by atoms with Crippen molar-refractivity contribution in [3.63, 3.8) is 0 Å². The lowest BCUT2D eigenvalue weighted by molar-refractivity contribution is 0.0779. The van der Waals surface area contributed by atoms with Crippen LogP contribution in [-0.4, -0.2) is 57.3 Å². The zero-order valence-electron chi connectivity index (χ0n) is 17.9. The number of likely N-dealkylation sites (tertiary alicyclic amines) is 1. The van der Waals surface area contributed by atoms with Gasteiger partial charge in [0.15, 0.2) is 5.65 Å². The SMILES string of the molecule is CCN(CC)C1CCN(C(=O)c2cccn3c(=O)c4cc5ccccc5cc4nc23)C1. The number of hydrogen-bond donors (Lipinski definition) is 0. The predicted molar refractivity (Wildman–Crippen MR) is 124 cm³/mol. The van der Waals surface area contributed by atoms with Crippen LogP contribution >= 0.6 is 0 Å². The van der Waals surface area contributed by atoms with Gasteiger partial charge < -0.3 is 4.90 Å². The topological polar surface area (TPSA) is 57.9 Å². The van der Waals surface area contributed by atoms with Gasteiger partial charge in [-0.05, 0) is 54.5 Å². The van der Waals surface area contributed by atoms with Crippen LogP contribution in [0.25, 0.3) is 27.3 Å². The quantitative estimate of drug-likeness (QED) is 0.479. The first-order valence-corrected chi connectivity index (χ1v) is 11.0. The summed E-state index contributed by atoms with van der Waals surface area (Å²) in [4.78, 5) is 35.7. The molecule has 5 rings (SSSR count). The van der Waals surface area contributed by atoms with Gasteiger partial charge in [0, 0.05) is 25.3 Å². The second kappa shape index (κ2) is 7.78. The number of benzene rings is 2. The maximum atomic E-state index is 13.4. The van der Waals surface area contributed by atoms with E-state index in [1.54, 1.807) is 18.3 Å². The van der Waals surface area contributed by atoms with Crippen LogP contribution < -0.4 is 5.56 Å². The van der Waals surface area contributed by atoms with E-state index in [0.29, 0.717) is 34.7 Å². The number of rotatable bonds is 4. The minimum atomic E-state index is -0.150. The lowest BCUT2D eigenvalue weighted by Crippen LogP contribution is -2.38. The van der Waals surface area contributed by atoms with Crippen molar-refractivity contribution in [2.24, 2.45) is 0 Å². The molecule has 6 nitrogen and oxygen atoms in total. The van der Waals surface area contributed by atoms with E-state index in [4.69, 9.17) is 4.98 Å². The Bertz CT molecular complexity index is 1360. The first-order chi connectivity index (χ1) is 15.1. The summed E-state index contributed by atoms with van der Waals surface area (Å²) in [5.74, 6) is -0.0557. The van der Waals surface area contributed by atoms with Gasteiger partial charge in [-0.25, -0.2) is 4.98 Å². The van der Waals surface area contributed by atoms with Crippen LogP contribution in [0.3, 0.4) is 0 Å². The maximum Gasteiger partial charge on any atom is 0.265 e. The van der Waals surface area contributed by atoms with Gasteiger partial charge in [-0.2, -0.15) is 0 Å². The fourth-order valence-corrected chi connectivity index (χ4v) is 4.82. The molecule has 1 saturated heterocycles. The Morgan fingerprint density at radius 2 is 1.84 bits per heavy atom. The maximum absolute atomic E-state index is 13.4. The van der Waals surface area contributed by atoms with Gasteiger partial charge in [0.05, 0.1) is 16.5 Å². The van der Waals surface area contributed by atoms with E-state index < -0.39 is 0 Å². The number of amides is 1. The molecule has 1 amide bonds. The molecule has 0 saturated carbocycles. The molecule has 2 aromatic heterocycles. The normalized spacial score (nSPS) is 16.7.